The van der Waals surface area contributed by atoms with Crippen LogP contribution in [0.1, 0.15) is 46.6 Å². The van der Waals surface area contributed by atoms with E-state index in [4.69, 9.17) is 9.97 Å². The molecule has 0 fully saturated rings. The molecule has 1 aliphatic heterocycles. The number of allylic oxidation sites excluding steroid dienone is 5. The molecule has 5 heterocycles. The van der Waals surface area contributed by atoms with Crippen molar-refractivity contribution >= 4 is 33.8 Å². The molecule has 0 bridgehead atoms. The summed E-state index contributed by atoms with van der Waals surface area (Å²) in [5, 5.41) is 1.26. The second-order valence-electron chi connectivity index (χ2n) is 14.7. The lowest BCUT2D eigenvalue weighted by molar-refractivity contribution is 0.616. The highest BCUT2D eigenvalue weighted by molar-refractivity contribution is 5.95. The molecule has 0 radical (unpaired) electrons. The number of hydrogen-bond acceptors (Lipinski definition) is 5. The molecule has 3 aliphatic rings. The van der Waals surface area contributed by atoms with E-state index in [0.717, 1.165) is 44.9 Å². The summed E-state index contributed by atoms with van der Waals surface area (Å²) in [6.45, 7) is 0. The first-order chi connectivity index (χ1) is 28.3. The van der Waals surface area contributed by atoms with Gasteiger partial charge >= 0.3 is 0 Å². The number of para-hydroxylation sites is 3. The Hall–Kier alpha value is -7.44. The summed E-state index contributed by atoms with van der Waals surface area (Å²) < 4.78 is 2.49. The van der Waals surface area contributed by atoms with Crippen LogP contribution in [0, 0.1) is 0 Å². The van der Waals surface area contributed by atoms with Crippen molar-refractivity contribution in [3.63, 3.8) is 0 Å². The second-order valence-corrected chi connectivity index (χ2v) is 14.7. The third-order valence-corrected chi connectivity index (χ3v) is 11.4. The van der Waals surface area contributed by atoms with Crippen molar-refractivity contribution < 1.29 is 0 Å². The summed E-state index contributed by atoms with van der Waals surface area (Å²) >= 11 is 0. The summed E-state index contributed by atoms with van der Waals surface area (Å²) in [5.74, 6) is 0.792. The van der Waals surface area contributed by atoms with Crippen LogP contribution in [0.25, 0.3) is 56.3 Å². The molecule has 2 atom stereocenters. The first-order valence-corrected chi connectivity index (χ1v) is 19.4. The zero-order chi connectivity index (χ0) is 37.7. The first-order valence-electron chi connectivity index (χ1n) is 19.4. The standard InChI is InChI=1S/C51H36N6/c1-3-13-34(14-4-1)35-23-24-40(30-38(29-35)51-54-45(36-15-11-27-52-32-36)31-46(55-51)37-16-12-28-53-33-37)57-48-22-10-8-20-42(48)44-26-25-43-41-19-7-9-21-47(41)56(49(43)50(44)57)39-17-5-2-6-18-39/h1-23,25-33,44,50H,24H2. The number of rotatable bonds is 6. The highest BCUT2D eigenvalue weighted by atomic mass is 15.2. The number of aromatic nitrogens is 5. The molecule has 270 valence electrons. The minimum Gasteiger partial charge on any atom is -0.335 e. The average molecular weight is 733 g/mol. The maximum atomic E-state index is 5.28. The molecule has 6 nitrogen and oxygen atoms in total. The monoisotopic (exact) mass is 732 g/mol. The van der Waals surface area contributed by atoms with Gasteiger partial charge in [-0.2, -0.15) is 0 Å². The van der Waals surface area contributed by atoms with E-state index in [2.05, 4.69) is 159 Å². The van der Waals surface area contributed by atoms with Gasteiger partial charge < -0.3 is 9.47 Å². The molecule has 0 saturated heterocycles. The molecule has 11 rings (SSSR count). The van der Waals surface area contributed by atoms with E-state index in [1.807, 2.05) is 42.7 Å². The number of pyridine rings is 2. The summed E-state index contributed by atoms with van der Waals surface area (Å²) in [6, 6.07) is 49.2. The summed E-state index contributed by atoms with van der Waals surface area (Å²) in [5.41, 5.74) is 15.3. The van der Waals surface area contributed by atoms with Crippen molar-refractivity contribution in [2.45, 2.75) is 18.4 Å². The van der Waals surface area contributed by atoms with E-state index < -0.39 is 0 Å². The molecular formula is C51H36N6. The molecule has 57 heavy (non-hydrogen) atoms. The van der Waals surface area contributed by atoms with Crippen molar-refractivity contribution in [3.05, 3.63) is 223 Å². The molecular weight excluding hydrogens is 697 g/mol. The first kappa shape index (κ1) is 32.9. The van der Waals surface area contributed by atoms with Crippen LogP contribution in [0.5, 0.6) is 0 Å². The van der Waals surface area contributed by atoms with Crippen LogP contribution in [0.15, 0.2) is 194 Å². The third-order valence-electron chi connectivity index (χ3n) is 11.4. The van der Waals surface area contributed by atoms with Gasteiger partial charge in [-0.3, -0.25) is 9.97 Å². The van der Waals surface area contributed by atoms with Gasteiger partial charge in [-0.1, -0.05) is 103 Å². The maximum Gasteiger partial charge on any atom is 0.160 e. The fourth-order valence-corrected chi connectivity index (χ4v) is 8.86. The number of anilines is 1. The Morgan fingerprint density at radius 2 is 1.26 bits per heavy atom. The van der Waals surface area contributed by atoms with E-state index in [9.17, 15) is 0 Å². The normalized spacial score (nSPS) is 16.9. The van der Waals surface area contributed by atoms with Gasteiger partial charge in [-0.05, 0) is 83.4 Å². The Balaban J connectivity index is 1.15. The zero-order valence-corrected chi connectivity index (χ0v) is 31.0. The number of benzene rings is 4. The predicted molar refractivity (Wildman–Crippen MR) is 230 cm³/mol. The van der Waals surface area contributed by atoms with Gasteiger partial charge in [0.15, 0.2) is 5.82 Å². The average Bonchev–Trinajstić information content (AvgIpc) is 3.71. The van der Waals surface area contributed by atoms with Crippen LogP contribution < -0.4 is 4.90 Å². The molecule has 4 aromatic carbocycles. The Morgan fingerprint density at radius 3 is 2.00 bits per heavy atom. The third kappa shape index (κ3) is 5.64. The van der Waals surface area contributed by atoms with Gasteiger partial charge in [-0.15, -0.1) is 0 Å². The van der Waals surface area contributed by atoms with Crippen LogP contribution in [0.4, 0.5) is 5.69 Å². The van der Waals surface area contributed by atoms with E-state index in [-0.39, 0.29) is 12.0 Å². The molecule has 6 heteroatoms. The van der Waals surface area contributed by atoms with Crippen LogP contribution in [-0.2, 0) is 0 Å². The van der Waals surface area contributed by atoms with E-state index in [1.165, 1.54) is 39.1 Å². The van der Waals surface area contributed by atoms with Gasteiger partial charge in [0.25, 0.3) is 0 Å². The summed E-state index contributed by atoms with van der Waals surface area (Å²) in [7, 11) is 0. The smallest absolute Gasteiger partial charge is 0.160 e. The minimum absolute atomic E-state index is 0.00258. The van der Waals surface area contributed by atoms with Crippen LogP contribution in [-0.4, -0.2) is 24.5 Å². The molecule has 4 aromatic heterocycles. The van der Waals surface area contributed by atoms with Crippen LogP contribution >= 0.6 is 0 Å². The van der Waals surface area contributed by atoms with Gasteiger partial charge in [-0.25, -0.2) is 9.97 Å². The maximum absolute atomic E-state index is 5.28. The Bertz CT molecular complexity index is 2870. The van der Waals surface area contributed by atoms with Crippen molar-refractivity contribution in [2.24, 2.45) is 0 Å². The lowest BCUT2D eigenvalue weighted by Crippen LogP contribution is -2.29. The van der Waals surface area contributed by atoms with Gasteiger partial charge in [0.2, 0.25) is 0 Å². The Morgan fingerprint density at radius 1 is 0.596 bits per heavy atom. The van der Waals surface area contributed by atoms with E-state index in [0.29, 0.717) is 12.2 Å². The quantitative estimate of drug-likeness (QED) is 0.170. The van der Waals surface area contributed by atoms with E-state index in [1.54, 1.807) is 12.4 Å². The van der Waals surface area contributed by atoms with Gasteiger partial charge in [0, 0.05) is 81.8 Å². The zero-order valence-electron chi connectivity index (χ0n) is 31.0. The fourth-order valence-electron chi connectivity index (χ4n) is 8.86. The number of hydrogen-bond donors (Lipinski definition) is 0. The van der Waals surface area contributed by atoms with Gasteiger partial charge in [0.05, 0.1) is 28.6 Å². The van der Waals surface area contributed by atoms with Crippen molar-refractivity contribution in [1.82, 2.24) is 24.5 Å². The van der Waals surface area contributed by atoms with E-state index >= 15 is 0 Å². The number of nitrogens with zero attached hydrogens (tertiary/aromatic N) is 6. The number of fused-ring (bicyclic) bond motifs is 7. The second kappa shape index (κ2) is 13.7. The van der Waals surface area contributed by atoms with Crippen LogP contribution in [0.2, 0.25) is 0 Å². The molecule has 0 N–H and O–H groups in total. The molecule has 8 aromatic rings. The fraction of sp³-hybridized carbons (Fsp3) is 0.0588. The van der Waals surface area contributed by atoms with Gasteiger partial charge in [0.1, 0.15) is 0 Å². The molecule has 0 saturated carbocycles. The molecule has 2 aliphatic carbocycles. The molecule has 2 unspecified atom stereocenters. The highest BCUT2D eigenvalue weighted by Gasteiger charge is 2.44. The highest BCUT2D eigenvalue weighted by Crippen LogP contribution is 2.57. The SMILES string of the molecule is C1=CC2c3ccccc3N(C3=CC(c4nc(-c5cccnc5)cc(-c5cccnc5)n4)=CC(c4ccccc4)=CC3)C2c2c1c1ccccc1n2-c1ccccc1. The lowest BCUT2D eigenvalue weighted by atomic mass is 9.86. The van der Waals surface area contributed by atoms with Crippen molar-refractivity contribution in [2.75, 3.05) is 4.90 Å². The Labute approximate surface area is 331 Å². The predicted octanol–water partition coefficient (Wildman–Crippen LogP) is 11.7. The van der Waals surface area contributed by atoms with Crippen LogP contribution in [0.3, 0.4) is 0 Å². The Kier molecular flexibility index (Phi) is 7.91. The lowest BCUT2D eigenvalue weighted by Gasteiger charge is -2.35. The largest absolute Gasteiger partial charge is 0.335 e. The topological polar surface area (TPSA) is 59.7 Å². The summed E-state index contributed by atoms with van der Waals surface area (Å²) in [4.78, 5) is 22.0. The minimum atomic E-state index is 0.00258. The molecule has 0 spiro atoms. The van der Waals surface area contributed by atoms with Crippen molar-refractivity contribution in [3.8, 4) is 28.2 Å². The van der Waals surface area contributed by atoms with Crippen molar-refractivity contribution in [1.29, 1.82) is 0 Å². The molecule has 0 amide bonds. The summed E-state index contributed by atoms with van der Waals surface area (Å²) in [6.07, 6.45) is 19.7.